The maximum absolute atomic E-state index is 15.3. The van der Waals surface area contributed by atoms with Crippen LogP contribution >= 0.6 is 0 Å². The van der Waals surface area contributed by atoms with E-state index in [1.54, 1.807) is 4.68 Å². The van der Waals surface area contributed by atoms with Crippen molar-refractivity contribution < 1.29 is 14.0 Å². The summed E-state index contributed by atoms with van der Waals surface area (Å²) in [5.74, 6) is -0.0123. The molecule has 0 aliphatic carbocycles. The standard InChI is InChI=1S/C24H33FN6O2/c1-15-13-26-6-5-16(15)14-30-7-9-31(10-8-30)21-12-20-18(11-19(21)25)23(28-29(20)2)17-3-4-22(32)27-24(17)33/h11-12,15-17,26H,3-10,13-14H2,1-2H3,(H,27,32,33)/t15-,16-,17?/m1/s1. The maximum atomic E-state index is 15.3. The van der Waals surface area contributed by atoms with Crippen molar-refractivity contribution in [1.29, 1.82) is 0 Å². The van der Waals surface area contributed by atoms with E-state index in [-0.39, 0.29) is 24.1 Å². The summed E-state index contributed by atoms with van der Waals surface area (Å²) in [5.41, 5.74) is 1.94. The highest BCUT2D eigenvalue weighted by molar-refractivity contribution is 6.02. The van der Waals surface area contributed by atoms with Gasteiger partial charge in [0.25, 0.3) is 0 Å². The van der Waals surface area contributed by atoms with Gasteiger partial charge in [0.05, 0.1) is 22.8 Å². The lowest BCUT2D eigenvalue weighted by molar-refractivity contribution is -0.134. The summed E-state index contributed by atoms with van der Waals surface area (Å²) in [6.45, 7) is 9.10. The number of benzene rings is 1. The molecule has 0 radical (unpaired) electrons. The average Bonchev–Trinajstić information content (AvgIpc) is 3.10. The maximum Gasteiger partial charge on any atom is 0.235 e. The number of amides is 2. The van der Waals surface area contributed by atoms with Crippen LogP contribution in [0.2, 0.25) is 0 Å². The highest BCUT2D eigenvalue weighted by atomic mass is 19.1. The molecule has 4 heterocycles. The molecular weight excluding hydrogens is 423 g/mol. The molecule has 3 fully saturated rings. The molecule has 3 saturated heterocycles. The topological polar surface area (TPSA) is 82.5 Å². The largest absolute Gasteiger partial charge is 0.367 e. The van der Waals surface area contributed by atoms with Crippen LogP contribution in [-0.4, -0.2) is 72.3 Å². The molecule has 2 N–H and O–H groups in total. The average molecular weight is 457 g/mol. The summed E-state index contributed by atoms with van der Waals surface area (Å²) >= 11 is 0. The van der Waals surface area contributed by atoms with Gasteiger partial charge in [0.2, 0.25) is 11.8 Å². The fourth-order valence-corrected chi connectivity index (χ4v) is 5.59. The second kappa shape index (κ2) is 9.02. The fraction of sp³-hybridized carbons (Fsp3) is 0.625. The van der Waals surface area contributed by atoms with Crippen molar-refractivity contribution in [3.05, 3.63) is 23.6 Å². The minimum atomic E-state index is -0.530. The molecule has 3 aliphatic rings. The predicted molar refractivity (Wildman–Crippen MR) is 125 cm³/mol. The zero-order valence-electron chi connectivity index (χ0n) is 19.4. The Morgan fingerprint density at radius 1 is 1.15 bits per heavy atom. The van der Waals surface area contributed by atoms with E-state index in [9.17, 15) is 9.59 Å². The van der Waals surface area contributed by atoms with E-state index >= 15 is 4.39 Å². The summed E-state index contributed by atoms with van der Waals surface area (Å²) in [4.78, 5) is 28.5. The van der Waals surface area contributed by atoms with E-state index < -0.39 is 5.92 Å². The van der Waals surface area contributed by atoms with Crippen LogP contribution in [0.1, 0.15) is 37.8 Å². The van der Waals surface area contributed by atoms with Crippen molar-refractivity contribution in [2.75, 3.05) is 50.7 Å². The smallest absolute Gasteiger partial charge is 0.235 e. The normalized spacial score (nSPS) is 27.2. The summed E-state index contributed by atoms with van der Waals surface area (Å²) in [7, 11) is 1.82. The summed E-state index contributed by atoms with van der Waals surface area (Å²) < 4.78 is 17.0. The molecule has 0 bridgehead atoms. The van der Waals surface area contributed by atoms with Crippen LogP contribution in [-0.2, 0) is 16.6 Å². The summed E-state index contributed by atoms with van der Waals surface area (Å²) in [5, 5.41) is 11.0. The van der Waals surface area contributed by atoms with Gasteiger partial charge < -0.3 is 10.2 Å². The minimum Gasteiger partial charge on any atom is -0.367 e. The Hall–Kier alpha value is -2.52. The van der Waals surface area contributed by atoms with E-state index in [2.05, 4.69) is 32.5 Å². The monoisotopic (exact) mass is 456 g/mol. The number of anilines is 1. The van der Waals surface area contributed by atoms with E-state index in [0.717, 1.165) is 57.2 Å². The molecule has 8 nitrogen and oxygen atoms in total. The second-order valence-electron chi connectivity index (χ2n) is 9.85. The Balaban J connectivity index is 1.31. The number of carbonyl (C=O) groups is 2. The number of carbonyl (C=O) groups excluding carboxylic acids is 2. The summed E-state index contributed by atoms with van der Waals surface area (Å²) in [6, 6.07) is 3.37. The number of fused-ring (bicyclic) bond motifs is 1. The van der Waals surface area contributed by atoms with Gasteiger partial charge in [-0.3, -0.25) is 24.5 Å². The van der Waals surface area contributed by atoms with Crippen molar-refractivity contribution in [1.82, 2.24) is 25.3 Å². The molecule has 9 heteroatoms. The van der Waals surface area contributed by atoms with Crippen LogP contribution in [0.25, 0.3) is 10.9 Å². The highest BCUT2D eigenvalue weighted by Crippen LogP contribution is 2.34. The molecule has 1 aromatic heterocycles. The van der Waals surface area contributed by atoms with Gasteiger partial charge in [-0.25, -0.2) is 4.39 Å². The van der Waals surface area contributed by atoms with Crippen LogP contribution in [0, 0.1) is 17.7 Å². The first-order chi connectivity index (χ1) is 15.9. The van der Waals surface area contributed by atoms with Crippen LogP contribution in [0.3, 0.4) is 0 Å². The number of nitrogens with zero attached hydrogens (tertiary/aromatic N) is 4. The van der Waals surface area contributed by atoms with E-state index in [1.165, 1.54) is 12.5 Å². The molecule has 2 amide bonds. The number of rotatable bonds is 4. The first-order valence-electron chi connectivity index (χ1n) is 12.1. The summed E-state index contributed by atoms with van der Waals surface area (Å²) in [6.07, 6.45) is 1.90. The number of nitrogens with one attached hydrogen (secondary N) is 2. The number of aromatic nitrogens is 2. The van der Waals surface area contributed by atoms with Gasteiger partial charge in [0.1, 0.15) is 5.82 Å². The Morgan fingerprint density at radius 2 is 1.94 bits per heavy atom. The lowest BCUT2D eigenvalue weighted by Gasteiger charge is -2.40. The number of halogens is 1. The molecule has 3 aliphatic heterocycles. The third-order valence-electron chi connectivity index (χ3n) is 7.69. The highest BCUT2D eigenvalue weighted by Gasteiger charge is 2.32. The number of hydrogen-bond acceptors (Lipinski definition) is 6. The van der Waals surface area contributed by atoms with Crippen molar-refractivity contribution in [2.24, 2.45) is 18.9 Å². The zero-order chi connectivity index (χ0) is 23.1. The Bertz CT molecular complexity index is 1060. The van der Waals surface area contributed by atoms with Gasteiger partial charge in [0.15, 0.2) is 0 Å². The minimum absolute atomic E-state index is 0.265. The Labute approximate surface area is 193 Å². The number of imide groups is 1. The molecule has 2 aromatic rings. The number of piperazine rings is 1. The first kappa shape index (κ1) is 22.3. The van der Waals surface area contributed by atoms with Crippen LogP contribution < -0.4 is 15.5 Å². The van der Waals surface area contributed by atoms with E-state index in [4.69, 9.17) is 0 Å². The van der Waals surface area contributed by atoms with Crippen molar-refractivity contribution in [3.63, 3.8) is 0 Å². The SMILES string of the molecule is C[C@@H]1CNCC[C@@H]1CN1CCN(c2cc3c(cc2F)c(C2CCC(=O)NC2=O)nn3C)CC1. The lowest BCUT2D eigenvalue weighted by atomic mass is 9.87. The molecule has 1 aromatic carbocycles. The third kappa shape index (κ3) is 4.36. The molecule has 5 rings (SSSR count). The van der Waals surface area contributed by atoms with Crippen LogP contribution in [0.4, 0.5) is 10.1 Å². The lowest BCUT2D eigenvalue weighted by Crippen LogP contribution is -2.50. The quantitative estimate of drug-likeness (QED) is 0.681. The van der Waals surface area contributed by atoms with Gasteiger partial charge in [-0.15, -0.1) is 0 Å². The number of piperidine rings is 2. The van der Waals surface area contributed by atoms with E-state index in [0.29, 0.717) is 29.1 Å². The molecule has 178 valence electrons. The van der Waals surface area contributed by atoms with Crippen molar-refractivity contribution in [2.45, 2.75) is 32.1 Å². The predicted octanol–water partition coefficient (Wildman–Crippen LogP) is 1.60. The van der Waals surface area contributed by atoms with E-state index in [1.807, 2.05) is 13.1 Å². The Kier molecular flexibility index (Phi) is 6.09. The van der Waals surface area contributed by atoms with Crippen molar-refractivity contribution >= 4 is 28.4 Å². The molecular formula is C24H33FN6O2. The molecule has 0 spiro atoms. The fourth-order valence-electron chi connectivity index (χ4n) is 5.59. The van der Waals surface area contributed by atoms with Gasteiger partial charge >= 0.3 is 0 Å². The van der Waals surface area contributed by atoms with Crippen molar-refractivity contribution in [3.8, 4) is 0 Å². The van der Waals surface area contributed by atoms with Crippen LogP contribution in [0.5, 0.6) is 0 Å². The number of aryl methyl sites for hydroxylation is 1. The first-order valence-corrected chi connectivity index (χ1v) is 12.1. The zero-order valence-corrected chi connectivity index (χ0v) is 19.4. The van der Waals surface area contributed by atoms with Gasteiger partial charge in [0, 0.05) is 51.6 Å². The molecule has 0 saturated carbocycles. The molecule has 33 heavy (non-hydrogen) atoms. The molecule has 3 atom stereocenters. The van der Waals surface area contributed by atoms with Crippen LogP contribution in [0.15, 0.2) is 12.1 Å². The van der Waals surface area contributed by atoms with Gasteiger partial charge in [-0.1, -0.05) is 6.92 Å². The van der Waals surface area contributed by atoms with Gasteiger partial charge in [-0.05, 0) is 49.9 Å². The Morgan fingerprint density at radius 3 is 2.67 bits per heavy atom. The third-order valence-corrected chi connectivity index (χ3v) is 7.69. The number of hydrogen-bond donors (Lipinski definition) is 2. The van der Waals surface area contributed by atoms with Gasteiger partial charge in [-0.2, -0.15) is 5.10 Å². The second-order valence-corrected chi connectivity index (χ2v) is 9.85. The molecule has 1 unspecified atom stereocenters.